The quantitative estimate of drug-likeness (QED) is 0.765. The van der Waals surface area contributed by atoms with Crippen molar-refractivity contribution in [1.82, 2.24) is 9.03 Å². The minimum absolute atomic E-state index is 0.0300. The summed E-state index contributed by atoms with van der Waals surface area (Å²) in [6.07, 6.45) is 0. The van der Waals surface area contributed by atoms with Crippen LogP contribution in [0, 0.1) is 10.8 Å². The zero-order valence-corrected chi connectivity index (χ0v) is 10.6. The highest BCUT2D eigenvalue weighted by molar-refractivity contribution is 7.87. The van der Waals surface area contributed by atoms with Crippen LogP contribution in [0.15, 0.2) is 0 Å². The Bertz CT molecular complexity index is 317. The number of nitrogens with one attached hydrogen (secondary N) is 1. The maximum absolute atomic E-state index is 11.6. The Labute approximate surface area is 86.9 Å². The molecule has 0 aromatic heterocycles. The zero-order valence-electron chi connectivity index (χ0n) is 9.75. The molecule has 5 heteroatoms. The highest BCUT2D eigenvalue weighted by atomic mass is 32.2. The van der Waals surface area contributed by atoms with Gasteiger partial charge in [-0.3, -0.25) is 0 Å². The summed E-state index contributed by atoms with van der Waals surface area (Å²) in [4.78, 5) is 0. The Morgan fingerprint density at radius 1 is 1.07 bits per heavy atom. The summed E-state index contributed by atoms with van der Waals surface area (Å²) in [6, 6.07) is 0.0300. The molecule has 0 radical (unpaired) electrons. The standard InChI is InChI=1S/C9H20N2O2S/c1-8(2)7(9(8,3)4)10-14(12,13)11(5)6/h7,10H,1-6H3. The second-order valence-electron chi connectivity index (χ2n) is 5.28. The van der Waals surface area contributed by atoms with Crippen molar-refractivity contribution in [3.63, 3.8) is 0 Å². The summed E-state index contributed by atoms with van der Waals surface area (Å²) in [5.41, 5.74) is 0.0756. The molecule has 0 heterocycles. The largest absolute Gasteiger partial charge is 0.279 e. The van der Waals surface area contributed by atoms with Crippen molar-refractivity contribution in [3.8, 4) is 0 Å². The van der Waals surface area contributed by atoms with Gasteiger partial charge < -0.3 is 0 Å². The lowest BCUT2D eigenvalue weighted by Gasteiger charge is -2.13. The van der Waals surface area contributed by atoms with Crippen molar-refractivity contribution in [3.05, 3.63) is 0 Å². The van der Waals surface area contributed by atoms with E-state index in [4.69, 9.17) is 0 Å². The Balaban J connectivity index is 2.76. The van der Waals surface area contributed by atoms with Crippen LogP contribution in [0.2, 0.25) is 0 Å². The molecular formula is C9H20N2O2S. The van der Waals surface area contributed by atoms with Gasteiger partial charge in [0.1, 0.15) is 0 Å². The van der Waals surface area contributed by atoms with Crippen LogP contribution in [0.25, 0.3) is 0 Å². The fourth-order valence-corrected chi connectivity index (χ4v) is 2.84. The van der Waals surface area contributed by atoms with Crippen molar-refractivity contribution >= 4 is 10.2 Å². The molecule has 1 aliphatic carbocycles. The van der Waals surface area contributed by atoms with Crippen LogP contribution in [0.3, 0.4) is 0 Å². The van der Waals surface area contributed by atoms with E-state index in [0.717, 1.165) is 0 Å². The molecule has 1 fully saturated rings. The van der Waals surface area contributed by atoms with Gasteiger partial charge in [0.05, 0.1) is 0 Å². The molecule has 4 nitrogen and oxygen atoms in total. The maximum atomic E-state index is 11.6. The molecule has 0 atom stereocenters. The minimum atomic E-state index is -3.29. The normalized spacial score (nSPS) is 25.4. The molecule has 0 saturated heterocycles. The smallest absolute Gasteiger partial charge is 0.198 e. The molecule has 0 bridgehead atoms. The van der Waals surface area contributed by atoms with Gasteiger partial charge in [-0.05, 0) is 10.8 Å². The van der Waals surface area contributed by atoms with E-state index in [1.54, 1.807) is 0 Å². The number of nitrogens with zero attached hydrogens (tertiary/aromatic N) is 1. The van der Waals surface area contributed by atoms with Gasteiger partial charge in [0.2, 0.25) is 0 Å². The molecule has 14 heavy (non-hydrogen) atoms. The number of hydrogen-bond acceptors (Lipinski definition) is 2. The third-order valence-electron chi connectivity index (χ3n) is 3.77. The highest BCUT2D eigenvalue weighted by Crippen LogP contribution is 2.62. The monoisotopic (exact) mass is 220 g/mol. The van der Waals surface area contributed by atoms with Crippen LogP contribution in [0.4, 0.5) is 0 Å². The average molecular weight is 220 g/mol. The zero-order chi connectivity index (χ0) is 11.4. The molecule has 1 saturated carbocycles. The van der Waals surface area contributed by atoms with Crippen LogP contribution in [-0.4, -0.2) is 32.9 Å². The first-order valence-corrected chi connectivity index (χ1v) is 6.17. The Kier molecular flexibility index (Phi) is 2.50. The number of rotatable bonds is 3. The molecular weight excluding hydrogens is 200 g/mol. The molecule has 1 rings (SSSR count). The van der Waals surface area contributed by atoms with Crippen LogP contribution < -0.4 is 4.72 Å². The van der Waals surface area contributed by atoms with E-state index in [9.17, 15) is 8.42 Å². The Morgan fingerprint density at radius 2 is 1.43 bits per heavy atom. The first-order chi connectivity index (χ1) is 6.03. The summed E-state index contributed by atoms with van der Waals surface area (Å²) in [5, 5.41) is 0. The molecule has 84 valence electrons. The van der Waals surface area contributed by atoms with Crippen LogP contribution in [0.5, 0.6) is 0 Å². The van der Waals surface area contributed by atoms with E-state index in [-0.39, 0.29) is 16.9 Å². The second-order valence-corrected chi connectivity index (χ2v) is 7.20. The van der Waals surface area contributed by atoms with Crippen LogP contribution in [0.1, 0.15) is 27.7 Å². The summed E-state index contributed by atoms with van der Waals surface area (Å²) < 4.78 is 27.1. The first kappa shape index (κ1) is 11.9. The maximum Gasteiger partial charge on any atom is 0.279 e. The Morgan fingerprint density at radius 3 is 1.64 bits per heavy atom. The van der Waals surface area contributed by atoms with E-state index >= 15 is 0 Å². The highest BCUT2D eigenvalue weighted by Gasteiger charge is 2.66. The predicted octanol–water partition coefficient (Wildman–Crippen LogP) is 0.817. The molecule has 0 spiro atoms. The summed E-state index contributed by atoms with van der Waals surface area (Å²) in [6.45, 7) is 8.32. The third kappa shape index (κ3) is 1.57. The molecule has 0 aliphatic heterocycles. The molecule has 0 unspecified atom stereocenters. The molecule has 0 amide bonds. The number of hydrogen-bond donors (Lipinski definition) is 1. The van der Waals surface area contributed by atoms with Crippen molar-refractivity contribution in [2.24, 2.45) is 10.8 Å². The van der Waals surface area contributed by atoms with Gasteiger partial charge >= 0.3 is 0 Å². The molecule has 0 aromatic rings. The van der Waals surface area contributed by atoms with Gasteiger partial charge in [0, 0.05) is 20.1 Å². The van der Waals surface area contributed by atoms with Gasteiger partial charge in [0.25, 0.3) is 10.2 Å². The van der Waals surface area contributed by atoms with E-state index in [2.05, 4.69) is 32.4 Å². The van der Waals surface area contributed by atoms with Gasteiger partial charge in [-0.25, -0.2) is 0 Å². The van der Waals surface area contributed by atoms with Crippen molar-refractivity contribution < 1.29 is 8.42 Å². The van der Waals surface area contributed by atoms with E-state index < -0.39 is 10.2 Å². The summed E-state index contributed by atoms with van der Waals surface area (Å²) >= 11 is 0. The molecule has 1 aliphatic rings. The van der Waals surface area contributed by atoms with E-state index in [1.165, 1.54) is 18.4 Å². The molecule has 0 aromatic carbocycles. The predicted molar refractivity (Wildman–Crippen MR) is 57.1 cm³/mol. The van der Waals surface area contributed by atoms with E-state index in [1.807, 2.05) is 0 Å². The molecule has 1 N–H and O–H groups in total. The topological polar surface area (TPSA) is 49.4 Å². The van der Waals surface area contributed by atoms with Crippen molar-refractivity contribution in [1.29, 1.82) is 0 Å². The van der Waals surface area contributed by atoms with E-state index in [0.29, 0.717) is 0 Å². The second kappa shape index (κ2) is 2.93. The first-order valence-electron chi connectivity index (χ1n) is 4.73. The lowest BCUT2D eigenvalue weighted by Crippen LogP contribution is -2.39. The average Bonchev–Trinajstić information content (AvgIpc) is 2.32. The minimum Gasteiger partial charge on any atom is -0.198 e. The lowest BCUT2D eigenvalue weighted by atomic mass is 10.0. The van der Waals surface area contributed by atoms with Crippen LogP contribution in [-0.2, 0) is 10.2 Å². The fraction of sp³-hybridized carbons (Fsp3) is 1.00. The van der Waals surface area contributed by atoms with Crippen molar-refractivity contribution in [2.75, 3.05) is 14.1 Å². The third-order valence-corrected chi connectivity index (χ3v) is 5.26. The van der Waals surface area contributed by atoms with Crippen LogP contribution >= 0.6 is 0 Å². The lowest BCUT2D eigenvalue weighted by molar-refractivity contribution is 0.457. The summed E-state index contributed by atoms with van der Waals surface area (Å²) in [7, 11) is -0.229. The van der Waals surface area contributed by atoms with Gasteiger partial charge in [-0.2, -0.15) is 17.4 Å². The van der Waals surface area contributed by atoms with Crippen molar-refractivity contribution in [2.45, 2.75) is 33.7 Å². The van der Waals surface area contributed by atoms with Gasteiger partial charge in [-0.15, -0.1) is 0 Å². The summed E-state index contributed by atoms with van der Waals surface area (Å²) in [5.74, 6) is 0. The fourth-order valence-electron chi connectivity index (χ4n) is 1.75. The van der Waals surface area contributed by atoms with Gasteiger partial charge in [0.15, 0.2) is 0 Å². The Hall–Kier alpha value is -0.130. The SMILES string of the molecule is CN(C)S(=O)(=O)NC1C(C)(C)C1(C)C. The van der Waals surface area contributed by atoms with Gasteiger partial charge in [-0.1, -0.05) is 27.7 Å².